The van der Waals surface area contributed by atoms with Crippen molar-refractivity contribution in [3.8, 4) is 0 Å². The fourth-order valence-electron chi connectivity index (χ4n) is 4.17. The summed E-state index contributed by atoms with van der Waals surface area (Å²) in [5, 5.41) is 9.72. The molecule has 0 radical (unpaired) electrons. The second-order valence-corrected chi connectivity index (χ2v) is 6.26. The molecule has 3 N–H and O–H groups in total. The van der Waals surface area contributed by atoms with Gasteiger partial charge in [-0.3, -0.25) is 4.90 Å². The van der Waals surface area contributed by atoms with Gasteiger partial charge in [0.2, 0.25) is 0 Å². The molecule has 2 aliphatic rings. The molecule has 0 amide bonds. The van der Waals surface area contributed by atoms with E-state index < -0.39 is 0 Å². The van der Waals surface area contributed by atoms with Crippen LogP contribution in [0.3, 0.4) is 0 Å². The van der Waals surface area contributed by atoms with Gasteiger partial charge >= 0.3 is 0 Å². The van der Waals surface area contributed by atoms with Gasteiger partial charge in [0.1, 0.15) is 12.4 Å². The van der Waals surface area contributed by atoms with E-state index in [-0.39, 0.29) is 6.61 Å². The van der Waals surface area contributed by atoms with Crippen LogP contribution >= 0.6 is 0 Å². The first kappa shape index (κ1) is 13.1. The Hall–Kier alpha value is -1.59. The summed E-state index contributed by atoms with van der Waals surface area (Å²) in [5.41, 5.74) is 8.59. The van der Waals surface area contributed by atoms with E-state index in [1.54, 1.807) is 0 Å². The van der Waals surface area contributed by atoms with E-state index in [2.05, 4.69) is 14.5 Å². The van der Waals surface area contributed by atoms with Crippen molar-refractivity contribution in [2.24, 2.45) is 0 Å². The van der Waals surface area contributed by atoms with E-state index in [1.165, 1.54) is 25.8 Å². The van der Waals surface area contributed by atoms with Crippen molar-refractivity contribution < 1.29 is 5.11 Å². The minimum atomic E-state index is -0.0161. The number of hydrogen-bond donors (Lipinski definition) is 2. The Morgan fingerprint density at radius 3 is 2.95 bits per heavy atom. The van der Waals surface area contributed by atoms with Crippen LogP contribution in [0.4, 0.5) is 5.69 Å². The van der Waals surface area contributed by atoms with Crippen LogP contribution < -0.4 is 5.73 Å². The molecule has 5 heteroatoms. The highest BCUT2D eigenvalue weighted by Crippen LogP contribution is 2.38. The molecule has 3 heterocycles. The lowest BCUT2D eigenvalue weighted by Gasteiger charge is -2.33. The fraction of sp³-hybridized carbons (Fsp3) is 0.562. The number of piperidine rings is 1. The zero-order chi connectivity index (χ0) is 14.4. The number of imidazole rings is 1. The standard InChI is InChI=1S/C16H22N4O/c17-11-4-5-13-12(9-11)18-16(10-21)20(13)15-6-8-19-7-2-1-3-14(15)19/h4-5,9,14-15,21H,1-3,6-8,10,17H2. The molecule has 2 unspecified atom stereocenters. The summed E-state index contributed by atoms with van der Waals surface area (Å²) in [5.74, 6) is 0.771. The van der Waals surface area contributed by atoms with Crippen molar-refractivity contribution in [2.75, 3.05) is 18.8 Å². The van der Waals surface area contributed by atoms with Crippen LogP contribution in [0.15, 0.2) is 18.2 Å². The molecule has 0 saturated carbocycles. The van der Waals surface area contributed by atoms with Crippen molar-refractivity contribution in [3.05, 3.63) is 24.0 Å². The summed E-state index contributed by atoms with van der Waals surface area (Å²) in [6, 6.07) is 6.90. The highest BCUT2D eigenvalue weighted by Gasteiger charge is 2.37. The molecule has 2 aromatic rings. The van der Waals surface area contributed by atoms with E-state index in [4.69, 9.17) is 5.73 Å². The first-order valence-corrected chi connectivity index (χ1v) is 7.89. The number of aliphatic hydroxyl groups is 1. The van der Waals surface area contributed by atoms with E-state index in [0.29, 0.717) is 12.1 Å². The zero-order valence-electron chi connectivity index (χ0n) is 12.2. The normalized spacial score (nSPS) is 26.3. The van der Waals surface area contributed by atoms with Gasteiger partial charge in [0, 0.05) is 18.3 Å². The van der Waals surface area contributed by atoms with Gasteiger partial charge in [-0.25, -0.2) is 4.98 Å². The summed E-state index contributed by atoms with van der Waals surface area (Å²) in [4.78, 5) is 7.20. The number of nitrogen functional groups attached to an aromatic ring is 1. The highest BCUT2D eigenvalue weighted by molar-refractivity contribution is 5.79. The van der Waals surface area contributed by atoms with Crippen molar-refractivity contribution >= 4 is 16.7 Å². The second-order valence-electron chi connectivity index (χ2n) is 6.26. The lowest BCUT2D eigenvalue weighted by Crippen LogP contribution is -2.38. The Balaban J connectivity index is 1.81. The smallest absolute Gasteiger partial charge is 0.136 e. The Kier molecular flexibility index (Phi) is 3.12. The SMILES string of the molecule is Nc1ccc2c(c1)nc(CO)n2C1CCN2CCCCC12. The predicted molar refractivity (Wildman–Crippen MR) is 82.9 cm³/mol. The zero-order valence-corrected chi connectivity index (χ0v) is 12.2. The number of fused-ring (bicyclic) bond motifs is 2. The fourth-order valence-corrected chi connectivity index (χ4v) is 4.17. The van der Waals surface area contributed by atoms with Gasteiger partial charge in [-0.1, -0.05) is 6.42 Å². The molecule has 0 aliphatic carbocycles. The molecule has 21 heavy (non-hydrogen) atoms. The summed E-state index contributed by atoms with van der Waals surface area (Å²) >= 11 is 0. The third kappa shape index (κ3) is 2.03. The summed E-state index contributed by atoms with van der Waals surface area (Å²) in [6.07, 6.45) is 5.03. The minimum Gasteiger partial charge on any atom is -0.399 e. The van der Waals surface area contributed by atoms with Gasteiger partial charge in [-0.05, 0) is 44.0 Å². The molecule has 5 nitrogen and oxygen atoms in total. The van der Waals surface area contributed by atoms with Crippen molar-refractivity contribution in [1.29, 1.82) is 0 Å². The molecule has 2 atom stereocenters. The minimum absolute atomic E-state index is 0.0161. The molecule has 2 fully saturated rings. The van der Waals surface area contributed by atoms with Crippen LogP contribution in [0.5, 0.6) is 0 Å². The number of nitrogens with two attached hydrogens (primary N) is 1. The second kappa shape index (κ2) is 5.00. The van der Waals surface area contributed by atoms with Crippen LogP contribution in [-0.2, 0) is 6.61 Å². The quantitative estimate of drug-likeness (QED) is 0.828. The van der Waals surface area contributed by atoms with Crippen LogP contribution in [-0.4, -0.2) is 38.7 Å². The maximum Gasteiger partial charge on any atom is 0.136 e. The number of benzene rings is 1. The van der Waals surface area contributed by atoms with Gasteiger partial charge in [-0.2, -0.15) is 0 Å². The lowest BCUT2D eigenvalue weighted by molar-refractivity contribution is 0.170. The molecule has 112 valence electrons. The number of aliphatic hydroxyl groups excluding tert-OH is 1. The molecule has 1 aromatic carbocycles. The highest BCUT2D eigenvalue weighted by atomic mass is 16.3. The van der Waals surface area contributed by atoms with Gasteiger partial charge in [-0.15, -0.1) is 0 Å². The monoisotopic (exact) mass is 286 g/mol. The Morgan fingerprint density at radius 2 is 2.10 bits per heavy atom. The van der Waals surface area contributed by atoms with Crippen molar-refractivity contribution in [2.45, 2.75) is 44.4 Å². The van der Waals surface area contributed by atoms with Gasteiger partial charge in [0.25, 0.3) is 0 Å². The average Bonchev–Trinajstić information content (AvgIpc) is 3.07. The van der Waals surface area contributed by atoms with Crippen molar-refractivity contribution in [3.63, 3.8) is 0 Å². The van der Waals surface area contributed by atoms with E-state index in [0.717, 1.165) is 35.5 Å². The van der Waals surface area contributed by atoms with Crippen LogP contribution in [0, 0.1) is 0 Å². The number of rotatable bonds is 2. The Morgan fingerprint density at radius 1 is 1.19 bits per heavy atom. The maximum absolute atomic E-state index is 9.72. The van der Waals surface area contributed by atoms with Gasteiger partial charge in [0.15, 0.2) is 0 Å². The van der Waals surface area contributed by atoms with Gasteiger partial charge in [0.05, 0.1) is 17.1 Å². The van der Waals surface area contributed by atoms with Gasteiger partial charge < -0.3 is 15.4 Å². The predicted octanol–water partition coefficient (Wildman–Crippen LogP) is 1.91. The van der Waals surface area contributed by atoms with E-state index in [9.17, 15) is 5.11 Å². The summed E-state index contributed by atoms with van der Waals surface area (Å²) < 4.78 is 2.27. The van der Waals surface area contributed by atoms with Crippen LogP contribution in [0.25, 0.3) is 11.0 Å². The molecule has 1 aromatic heterocycles. The topological polar surface area (TPSA) is 67.3 Å². The largest absolute Gasteiger partial charge is 0.399 e. The third-order valence-electron chi connectivity index (χ3n) is 5.08. The third-order valence-corrected chi connectivity index (χ3v) is 5.08. The number of hydrogen-bond acceptors (Lipinski definition) is 4. The number of nitrogens with zero attached hydrogens (tertiary/aromatic N) is 3. The molecule has 0 spiro atoms. The van der Waals surface area contributed by atoms with Crippen molar-refractivity contribution in [1.82, 2.24) is 14.5 Å². The lowest BCUT2D eigenvalue weighted by atomic mass is 9.98. The molecule has 2 saturated heterocycles. The van der Waals surface area contributed by atoms with Crippen LogP contribution in [0.1, 0.15) is 37.5 Å². The number of anilines is 1. The Labute approximate surface area is 124 Å². The molecule has 0 bridgehead atoms. The Bertz CT molecular complexity index is 666. The first-order valence-electron chi connectivity index (χ1n) is 7.89. The molecular weight excluding hydrogens is 264 g/mol. The molecular formula is C16H22N4O. The summed E-state index contributed by atoms with van der Waals surface area (Å²) in [6.45, 7) is 2.36. The molecule has 2 aliphatic heterocycles. The van der Waals surface area contributed by atoms with E-state index >= 15 is 0 Å². The summed E-state index contributed by atoms with van der Waals surface area (Å²) in [7, 11) is 0. The average molecular weight is 286 g/mol. The number of aromatic nitrogens is 2. The maximum atomic E-state index is 9.72. The van der Waals surface area contributed by atoms with Crippen LogP contribution in [0.2, 0.25) is 0 Å². The first-order chi connectivity index (χ1) is 10.3. The molecule has 4 rings (SSSR count). The van der Waals surface area contributed by atoms with E-state index in [1.807, 2.05) is 18.2 Å².